The van der Waals surface area contributed by atoms with Gasteiger partial charge in [0.25, 0.3) is 10.2 Å². The van der Waals surface area contributed by atoms with Crippen LogP contribution in [-0.2, 0) is 22.1 Å². The van der Waals surface area contributed by atoms with Crippen LogP contribution in [0.25, 0.3) is 10.7 Å². The lowest BCUT2D eigenvalue weighted by Crippen LogP contribution is -2.55. The van der Waals surface area contributed by atoms with Crippen LogP contribution < -0.4 is 10.0 Å². The van der Waals surface area contributed by atoms with E-state index in [0.717, 1.165) is 14.1 Å². The van der Waals surface area contributed by atoms with Crippen LogP contribution in [0.2, 0.25) is 0 Å². The van der Waals surface area contributed by atoms with E-state index in [9.17, 15) is 17.6 Å². The molecule has 0 aliphatic carbocycles. The third-order valence-corrected chi connectivity index (χ3v) is 7.99. The number of nitrogens with one attached hydrogen (secondary N) is 2. The predicted molar refractivity (Wildman–Crippen MR) is 115 cm³/mol. The van der Waals surface area contributed by atoms with Gasteiger partial charge in [-0.15, -0.1) is 21.5 Å². The van der Waals surface area contributed by atoms with E-state index in [1.165, 1.54) is 36.6 Å². The molecular formula is C19H21FN6O3S2. The Kier molecular flexibility index (Phi) is 5.64. The van der Waals surface area contributed by atoms with Crippen molar-refractivity contribution in [2.75, 3.05) is 12.4 Å². The zero-order chi connectivity index (χ0) is 22.3. The molecular weight excluding hydrogens is 443 g/mol. The van der Waals surface area contributed by atoms with E-state index < -0.39 is 28.2 Å². The average Bonchev–Trinajstić information content (AvgIpc) is 3.35. The van der Waals surface area contributed by atoms with Gasteiger partial charge in [-0.25, -0.2) is 4.39 Å². The Morgan fingerprint density at radius 2 is 2.06 bits per heavy atom. The Balaban J connectivity index is 1.58. The van der Waals surface area contributed by atoms with Gasteiger partial charge in [0.15, 0.2) is 5.82 Å². The molecule has 2 N–H and O–H groups in total. The Morgan fingerprint density at radius 3 is 2.74 bits per heavy atom. The van der Waals surface area contributed by atoms with Crippen molar-refractivity contribution in [3.63, 3.8) is 0 Å². The fourth-order valence-corrected chi connectivity index (χ4v) is 5.85. The highest BCUT2D eigenvalue weighted by Gasteiger charge is 2.41. The fourth-order valence-electron chi connectivity index (χ4n) is 3.41. The number of amides is 1. The van der Waals surface area contributed by atoms with Crippen molar-refractivity contribution in [2.24, 2.45) is 7.05 Å². The average molecular weight is 465 g/mol. The second-order valence-corrected chi connectivity index (χ2v) is 10.2. The molecule has 1 saturated heterocycles. The number of hydrogen-bond acceptors (Lipinski definition) is 6. The number of rotatable bonds is 4. The van der Waals surface area contributed by atoms with Gasteiger partial charge in [0.1, 0.15) is 18.2 Å². The Bertz CT molecular complexity index is 1240. The summed E-state index contributed by atoms with van der Waals surface area (Å²) >= 11 is 1.39. The molecule has 12 heteroatoms. The molecule has 2 aromatic heterocycles. The molecule has 4 rings (SSSR count). The highest BCUT2D eigenvalue weighted by molar-refractivity contribution is 7.87. The Morgan fingerprint density at radius 1 is 1.29 bits per heavy atom. The van der Waals surface area contributed by atoms with Gasteiger partial charge in [0.05, 0.1) is 10.9 Å². The van der Waals surface area contributed by atoms with E-state index in [4.69, 9.17) is 0 Å². The molecule has 0 unspecified atom stereocenters. The quantitative estimate of drug-likeness (QED) is 0.615. The van der Waals surface area contributed by atoms with Crippen LogP contribution in [0, 0.1) is 12.7 Å². The van der Waals surface area contributed by atoms with Gasteiger partial charge in [-0.1, -0.05) is 0 Å². The first kappa shape index (κ1) is 21.6. The summed E-state index contributed by atoms with van der Waals surface area (Å²) in [5.74, 6) is -0.183. The molecule has 0 radical (unpaired) electrons. The van der Waals surface area contributed by atoms with Gasteiger partial charge in [-0.05, 0) is 49.2 Å². The summed E-state index contributed by atoms with van der Waals surface area (Å²) in [5.41, 5.74) is 0.794. The van der Waals surface area contributed by atoms with Gasteiger partial charge in [-0.3, -0.25) is 4.79 Å². The lowest BCUT2D eigenvalue weighted by Gasteiger charge is -2.35. The van der Waals surface area contributed by atoms with E-state index >= 15 is 0 Å². The van der Waals surface area contributed by atoms with Crippen molar-refractivity contribution in [1.82, 2.24) is 23.8 Å². The number of benzene rings is 1. The molecule has 0 saturated carbocycles. The van der Waals surface area contributed by atoms with Crippen molar-refractivity contribution in [3.05, 3.63) is 52.9 Å². The Hall–Kier alpha value is -2.67. The molecule has 0 spiro atoms. The first-order valence-corrected chi connectivity index (χ1v) is 11.7. The van der Waals surface area contributed by atoms with E-state index in [0.29, 0.717) is 17.1 Å². The van der Waals surface area contributed by atoms with Crippen molar-refractivity contribution < 1.29 is 17.6 Å². The van der Waals surface area contributed by atoms with Crippen molar-refractivity contribution in [1.29, 1.82) is 0 Å². The number of thiophene rings is 1. The molecule has 31 heavy (non-hydrogen) atoms. The summed E-state index contributed by atoms with van der Waals surface area (Å²) in [5, 5.41) is 10.6. The second-order valence-electron chi connectivity index (χ2n) is 7.36. The summed E-state index contributed by atoms with van der Waals surface area (Å²) in [6, 6.07) is 6.39. The lowest BCUT2D eigenvalue weighted by atomic mass is 10.1. The molecule has 3 aromatic rings. The van der Waals surface area contributed by atoms with E-state index in [2.05, 4.69) is 20.2 Å². The minimum Gasteiger partial charge on any atom is -0.325 e. The minimum absolute atomic E-state index is 0.237. The van der Waals surface area contributed by atoms with Crippen LogP contribution in [0.15, 0.2) is 36.7 Å². The minimum atomic E-state index is -3.88. The molecule has 1 amide bonds. The maximum Gasteiger partial charge on any atom is 0.280 e. The number of nitrogens with zero attached hydrogens (tertiary/aromatic N) is 4. The standard InChI is InChI=1S/C19H21FN6O3S2/c1-11-8-12(4-5-13(11)20)22-19(27)15-9-14(24-31(28,29)26(15)3)16-6-7-17(30-16)18-23-21-10-25(18)2/h4-8,10,14-15,24H,9H2,1-3H3,(H,22,27)/t14-,15+/m1/s1. The second kappa shape index (κ2) is 8.11. The molecule has 1 aliphatic heterocycles. The molecule has 2 atom stereocenters. The molecule has 1 aliphatic rings. The van der Waals surface area contributed by atoms with Crippen LogP contribution in [-0.4, -0.2) is 46.5 Å². The fraction of sp³-hybridized carbons (Fsp3) is 0.316. The number of likely N-dealkylation sites (N-methyl/N-ethyl adjacent to an activating group) is 1. The van der Waals surface area contributed by atoms with Gasteiger partial charge < -0.3 is 9.88 Å². The zero-order valence-corrected chi connectivity index (χ0v) is 18.7. The molecule has 1 fully saturated rings. The van der Waals surface area contributed by atoms with E-state index in [-0.39, 0.29) is 12.2 Å². The number of aryl methyl sites for hydroxylation is 2. The highest BCUT2D eigenvalue weighted by atomic mass is 32.2. The van der Waals surface area contributed by atoms with Gasteiger partial charge >= 0.3 is 0 Å². The SMILES string of the molecule is Cc1cc(NC(=O)[C@@H]2C[C@H](c3ccc(-c4nncn4C)s3)NS(=O)(=O)N2C)ccc1F. The number of carbonyl (C=O) groups is 1. The number of anilines is 1. The normalized spacial score (nSPS) is 21.2. The van der Waals surface area contributed by atoms with Crippen LogP contribution in [0.3, 0.4) is 0 Å². The summed E-state index contributed by atoms with van der Waals surface area (Å²) < 4.78 is 44.3. The molecule has 1 aromatic carbocycles. The lowest BCUT2D eigenvalue weighted by molar-refractivity contribution is -0.120. The first-order chi connectivity index (χ1) is 14.7. The van der Waals surface area contributed by atoms with Gasteiger partial charge in [0, 0.05) is 24.7 Å². The van der Waals surface area contributed by atoms with E-state index in [1.54, 1.807) is 17.8 Å². The Labute approximate surface area is 183 Å². The predicted octanol–water partition coefficient (Wildman–Crippen LogP) is 2.21. The summed E-state index contributed by atoms with van der Waals surface area (Å²) in [4.78, 5) is 14.5. The third kappa shape index (κ3) is 4.24. The summed E-state index contributed by atoms with van der Waals surface area (Å²) in [7, 11) is -0.694. The monoisotopic (exact) mass is 464 g/mol. The number of halogens is 1. The van der Waals surface area contributed by atoms with Crippen LogP contribution in [0.4, 0.5) is 10.1 Å². The van der Waals surface area contributed by atoms with Crippen molar-refractivity contribution in [3.8, 4) is 10.7 Å². The summed E-state index contributed by atoms with van der Waals surface area (Å²) in [6.45, 7) is 1.59. The molecule has 3 heterocycles. The van der Waals surface area contributed by atoms with Crippen LogP contribution >= 0.6 is 11.3 Å². The summed E-state index contributed by atoms with van der Waals surface area (Å²) in [6.07, 6.45) is 1.82. The van der Waals surface area contributed by atoms with Crippen molar-refractivity contribution >= 4 is 33.1 Å². The highest BCUT2D eigenvalue weighted by Crippen LogP contribution is 2.35. The number of carbonyl (C=O) groups excluding carboxylic acids is 1. The van der Waals surface area contributed by atoms with E-state index in [1.807, 2.05) is 19.2 Å². The zero-order valence-electron chi connectivity index (χ0n) is 17.0. The van der Waals surface area contributed by atoms with Crippen LogP contribution in [0.5, 0.6) is 0 Å². The number of aromatic nitrogens is 3. The van der Waals surface area contributed by atoms with Gasteiger partial charge in [-0.2, -0.15) is 17.4 Å². The number of hydrogen-bond donors (Lipinski definition) is 2. The molecule has 9 nitrogen and oxygen atoms in total. The molecule has 0 bridgehead atoms. The third-order valence-electron chi connectivity index (χ3n) is 5.20. The molecule has 164 valence electrons. The first-order valence-electron chi connectivity index (χ1n) is 9.42. The smallest absolute Gasteiger partial charge is 0.280 e. The maximum atomic E-state index is 13.5. The largest absolute Gasteiger partial charge is 0.325 e. The topological polar surface area (TPSA) is 109 Å². The van der Waals surface area contributed by atoms with Crippen molar-refractivity contribution in [2.45, 2.75) is 25.4 Å². The van der Waals surface area contributed by atoms with Gasteiger partial charge in [0.2, 0.25) is 5.91 Å². The van der Waals surface area contributed by atoms with Crippen LogP contribution in [0.1, 0.15) is 22.9 Å². The maximum absolute atomic E-state index is 13.5.